The number of carbonyl (C=O) groups excluding carboxylic acids is 3. The van der Waals surface area contributed by atoms with Crippen LogP contribution in [0.25, 0.3) is 0 Å². The number of rotatable bonds is 6. The second-order valence-electron chi connectivity index (χ2n) is 10.5. The third kappa shape index (κ3) is 4.86. The predicted molar refractivity (Wildman–Crippen MR) is 149 cm³/mol. The van der Waals surface area contributed by atoms with E-state index in [1.807, 2.05) is 38.1 Å². The third-order valence-corrected chi connectivity index (χ3v) is 7.34. The number of aryl methyl sites for hydroxylation is 1. The Bertz CT molecular complexity index is 1440. The Morgan fingerprint density at radius 1 is 0.947 bits per heavy atom. The van der Waals surface area contributed by atoms with E-state index >= 15 is 0 Å². The average Bonchev–Trinajstić information content (AvgIpc) is 3.13. The van der Waals surface area contributed by atoms with E-state index < -0.39 is 0 Å². The minimum absolute atomic E-state index is 0.230. The maximum Gasteiger partial charge on any atom is 0.257 e. The molecule has 0 saturated carbocycles. The van der Waals surface area contributed by atoms with Gasteiger partial charge in [0, 0.05) is 5.69 Å². The largest absolute Gasteiger partial charge is 0.457 e. The molecule has 0 unspecified atom stereocenters. The number of para-hydroxylation sites is 1. The van der Waals surface area contributed by atoms with E-state index in [9.17, 15) is 14.4 Å². The molecule has 1 aliphatic heterocycles. The Kier molecular flexibility index (Phi) is 6.89. The van der Waals surface area contributed by atoms with E-state index in [0.717, 1.165) is 22.4 Å². The summed E-state index contributed by atoms with van der Waals surface area (Å²) >= 11 is 0. The molecule has 194 valence electrons. The predicted octanol–water partition coefficient (Wildman–Crippen LogP) is 7.01. The summed E-state index contributed by atoms with van der Waals surface area (Å²) < 4.78 is 6.16. The standard InChI is InChI=1S/C32H32N2O4/c1-19(2)24-15-9-21(4)18-29(24)38-23-13-11-22(12-14-23)33-30(35)26-7-5-6-8-28(26)34-31(36)25-16-10-20(3)17-27(25)32(34)37/h5-15,18-19,25,27H,16-17H2,1-4H3,(H,33,35)/t25-,27+/m0/s1. The Morgan fingerprint density at radius 2 is 1.66 bits per heavy atom. The molecule has 1 aliphatic carbocycles. The number of hydrogen-bond acceptors (Lipinski definition) is 4. The molecular formula is C32H32N2O4. The lowest BCUT2D eigenvalue weighted by molar-refractivity contribution is -0.122. The summed E-state index contributed by atoms with van der Waals surface area (Å²) in [4.78, 5) is 40.9. The second kappa shape index (κ2) is 10.3. The Balaban J connectivity index is 1.33. The van der Waals surface area contributed by atoms with Gasteiger partial charge in [-0.25, -0.2) is 4.90 Å². The van der Waals surface area contributed by atoms with Crippen molar-refractivity contribution < 1.29 is 19.1 Å². The fraction of sp³-hybridized carbons (Fsp3) is 0.281. The molecule has 1 N–H and O–H groups in total. The molecule has 1 fully saturated rings. The molecular weight excluding hydrogens is 476 g/mol. The molecule has 6 nitrogen and oxygen atoms in total. The van der Waals surface area contributed by atoms with Crippen molar-refractivity contribution in [2.24, 2.45) is 11.8 Å². The first-order chi connectivity index (χ1) is 18.2. The zero-order chi connectivity index (χ0) is 27.0. The van der Waals surface area contributed by atoms with Crippen LogP contribution in [0.4, 0.5) is 11.4 Å². The Labute approximate surface area is 223 Å². The molecule has 5 rings (SSSR count). The van der Waals surface area contributed by atoms with E-state index in [1.165, 1.54) is 4.90 Å². The maximum atomic E-state index is 13.3. The van der Waals surface area contributed by atoms with E-state index in [0.29, 0.717) is 35.9 Å². The van der Waals surface area contributed by atoms with Crippen LogP contribution in [0.3, 0.4) is 0 Å². The molecule has 1 saturated heterocycles. The molecule has 1 heterocycles. The van der Waals surface area contributed by atoms with E-state index in [-0.39, 0.29) is 35.1 Å². The van der Waals surface area contributed by atoms with E-state index in [2.05, 4.69) is 31.3 Å². The fourth-order valence-electron chi connectivity index (χ4n) is 5.27. The van der Waals surface area contributed by atoms with Crippen LogP contribution in [-0.4, -0.2) is 17.7 Å². The van der Waals surface area contributed by atoms with E-state index in [1.54, 1.807) is 36.4 Å². The van der Waals surface area contributed by atoms with Gasteiger partial charge in [-0.2, -0.15) is 0 Å². The zero-order valence-corrected chi connectivity index (χ0v) is 22.2. The number of imide groups is 1. The second-order valence-corrected chi connectivity index (χ2v) is 10.5. The topological polar surface area (TPSA) is 75.7 Å². The maximum absolute atomic E-state index is 13.3. The number of fused-ring (bicyclic) bond motifs is 1. The average molecular weight is 509 g/mol. The van der Waals surface area contributed by atoms with Crippen molar-refractivity contribution in [3.8, 4) is 11.5 Å². The summed E-state index contributed by atoms with van der Waals surface area (Å²) in [7, 11) is 0. The summed E-state index contributed by atoms with van der Waals surface area (Å²) in [5, 5.41) is 2.90. The lowest BCUT2D eigenvalue weighted by Gasteiger charge is -2.19. The summed E-state index contributed by atoms with van der Waals surface area (Å²) in [5.74, 6) is 0.226. The number of allylic oxidation sites excluding steroid dienone is 2. The van der Waals surface area contributed by atoms with Crippen molar-refractivity contribution >= 4 is 29.1 Å². The normalized spacial score (nSPS) is 18.9. The van der Waals surface area contributed by atoms with Crippen molar-refractivity contribution in [1.82, 2.24) is 0 Å². The van der Waals surface area contributed by atoms with Gasteiger partial charge in [0.2, 0.25) is 11.8 Å². The van der Waals surface area contributed by atoms with Gasteiger partial charge in [0.05, 0.1) is 23.1 Å². The van der Waals surface area contributed by atoms with Gasteiger partial charge in [0.1, 0.15) is 11.5 Å². The first kappa shape index (κ1) is 25.5. The molecule has 2 atom stereocenters. The highest BCUT2D eigenvalue weighted by atomic mass is 16.5. The number of nitrogens with one attached hydrogen (secondary N) is 1. The number of amides is 3. The SMILES string of the molecule is CC1=CC[C@@H]2C(=O)N(c3ccccc3C(=O)Nc3ccc(Oc4cc(C)ccc4C(C)C)cc3)C(=O)[C@@H]2C1. The highest BCUT2D eigenvalue weighted by molar-refractivity contribution is 6.25. The lowest BCUT2D eigenvalue weighted by Crippen LogP contribution is -2.33. The highest BCUT2D eigenvalue weighted by Gasteiger charge is 2.49. The van der Waals surface area contributed by atoms with Crippen LogP contribution in [0, 0.1) is 18.8 Å². The van der Waals surface area contributed by atoms with Gasteiger partial charge in [-0.05, 0) is 86.2 Å². The monoisotopic (exact) mass is 508 g/mol. The molecule has 2 aliphatic rings. The van der Waals surface area contributed by atoms with Crippen LogP contribution < -0.4 is 15.0 Å². The van der Waals surface area contributed by atoms with E-state index in [4.69, 9.17) is 4.74 Å². The molecule has 3 amide bonds. The summed E-state index contributed by atoms with van der Waals surface area (Å²) in [6.07, 6.45) is 3.17. The summed E-state index contributed by atoms with van der Waals surface area (Å²) in [6, 6.07) is 20.1. The number of benzene rings is 3. The Hall–Kier alpha value is -4.19. The molecule has 0 radical (unpaired) electrons. The minimum Gasteiger partial charge on any atom is -0.457 e. The molecule has 0 spiro atoms. The first-order valence-corrected chi connectivity index (χ1v) is 13.0. The van der Waals surface area contributed by atoms with Crippen molar-refractivity contribution in [1.29, 1.82) is 0 Å². The zero-order valence-electron chi connectivity index (χ0n) is 22.2. The van der Waals surface area contributed by atoms with Gasteiger partial charge in [-0.15, -0.1) is 0 Å². The van der Waals surface area contributed by atoms with Gasteiger partial charge in [0.15, 0.2) is 0 Å². The van der Waals surface area contributed by atoms with Gasteiger partial charge in [0.25, 0.3) is 5.91 Å². The quantitative estimate of drug-likeness (QED) is 0.287. The summed E-state index contributed by atoms with van der Waals surface area (Å²) in [6.45, 7) is 8.27. The third-order valence-electron chi connectivity index (χ3n) is 7.34. The fourth-order valence-corrected chi connectivity index (χ4v) is 5.27. The van der Waals surface area contributed by atoms with Gasteiger partial charge in [-0.3, -0.25) is 14.4 Å². The number of anilines is 2. The van der Waals surface area contributed by atoms with Gasteiger partial charge < -0.3 is 10.1 Å². The molecule has 6 heteroatoms. The smallest absolute Gasteiger partial charge is 0.257 e. The van der Waals surface area contributed by atoms with Crippen LogP contribution >= 0.6 is 0 Å². The molecule has 3 aromatic rings. The minimum atomic E-state index is -0.389. The molecule has 0 bridgehead atoms. The molecule has 0 aromatic heterocycles. The van der Waals surface area contributed by atoms with Gasteiger partial charge >= 0.3 is 0 Å². The van der Waals surface area contributed by atoms with Crippen molar-refractivity contribution in [3.63, 3.8) is 0 Å². The molecule has 38 heavy (non-hydrogen) atoms. The number of carbonyl (C=O) groups is 3. The van der Waals surface area contributed by atoms with Crippen LogP contribution in [0.5, 0.6) is 11.5 Å². The van der Waals surface area contributed by atoms with Crippen molar-refractivity contribution in [3.05, 3.63) is 95.1 Å². The van der Waals surface area contributed by atoms with Crippen LogP contribution in [-0.2, 0) is 9.59 Å². The van der Waals surface area contributed by atoms with Crippen molar-refractivity contribution in [2.75, 3.05) is 10.2 Å². The Morgan fingerprint density at radius 3 is 2.39 bits per heavy atom. The van der Waals surface area contributed by atoms with Crippen molar-refractivity contribution in [2.45, 2.75) is 46.5 Å². The lowest BCUT2D eigenvalue weighted by atomic mass is 9.82. The molecule has 3 aromatic carbocycles. The van der Waals surface area contributed by atoms with Crippen LogP contribution in [0.1, 0.15) is 61.0 Å². The summed E-state index contributed by atoms with van der Waals surface area (Å²) in [5.41, 5.74) is 4.55. The van der Waals surface area contributed by atoms with Crippen LogP contribution in [0.15, 0.2) is 78.4 Å². The number of ether oxygens (including phenoxy) is 1. The van der Waals surface area contributed by atoms with Crippen LogP contribution in [0.2, 0.25) is 0 Å². The number of nitrogens with zero attached hydrogens (tertiary/aromatic N) is 1. The highest BCUT2D eigenvalue weighted by Crippen LogP contribution is 2.40. The first-order valence-electron chi connectivity index (χ1n) is 13.0. The number of hydrogen-bond donors (Lipinski definition) is 1. The van der Waals surface area contributed by atoms with Gasteiger partial charge in [-0.1, -0.05) is 49.8 Å².